The number of nitrogens with zero attached hydrogens (tertiary/aromatic N) is 2. The van der Waals surface area contributed by atoms with E-state index in [1.165, 1.54) is 37.1 Å². The molecule has 1 saturated heterocycles. The lowest BCUT2D eigenvalue weighted by molar-refractivity contribution is 0.136. The summed E-state index contributed by atoms with van der Waals surface area (Å²) in [4.78, 5) is 2.67. The summed E-state index contributed by atoms with van der Waals surface area (Å²) < 4.78 is 27.2. The Morgan fingerprint density at radius 3 is 2.65 bits per heavy atom. The first-order valence-electron chi connectivity index (χ1n) is 8.16. The first-order chi connectivity index (χ1) is 10.9. The molecule has 23 heavy (non-hydrogen) atoms. The largest absolute Gasteiger partial charge is 0.301 e. The summed E-state index contributed by atoms with van der Waals surface area (Å²) in [6.45, 7) is 7.06. The maximum atomic E-state index is 12.2. The van der Waals surface area contributed by atoms with Crippen molar-refractivity contribution in [3.8, 4) is 6.07 Å². The molecule has 1 N–H and O–H groups in total. The maximum Gasteiger partial charge on any atom is 0.240 e. The molecule has 1 fully saturated rings. The minimum absolute atomic E-state index is 0.212. The summed E-state index contributed by atoms with van der Waals surface area (Å²) in [5, 5.41) is 8.76. The van der Waals surface area contributed by atoms with E-state index in [2.05, 4.69) is 23.5 Å². The average Bonchev–Trinajstić information content (AvgIpc) is 2.55. The first-order valence-corrected chi connectivity index (χ1v) is 9.64. The maximum absolute atomic E-state index is 12.2. The van der Waals surface area contributed by atoms with Crippen molar-refractivity contribution >= 4 is 10.0 Å². The molecule has 0 aromatic heterocycles. The molecule has 0 spiro atoms. The van der Waals surface area contributed by atoms with Crippen LogP contribution in [-0.2, 0) is 10.0 Å². The van der Waals surface area contributed by atoms with Gasteiger partial charge in [-0.2, -0.15) is 5.26 Å². The van der Waals surface area contributed by atoms with Gasteiger partial charge in [0.05, 0.1) is 16.5 Å². The van der Waals surface area contributed by atoms with E-state index in [4.69, 9.17) is 5.26 Å². The van der Waals surface area contributed by atoms with Crippen LogP contribution in [-0.4, -0.2) is 39.0 Å². The van der Waals surface area contributed by atoms with Crippen molar-refractivity contribution < 1.29 is 8.42 Å². The molecule has 1 aromatic rings. The standard InChI is InChI=1S/C17H25N3O2S/c1-14(2)20-11-3-4-16(13-20)9-10-19-23(21,22)17-7-5-15(12-18)6-8-17/h5-8,14,16,19H,3-4,9-11,13H2,1-2H3/t16-/m1/s1. The zero-order valence-corrected chi connectivity index (χ0v) is 14.6. The lowest BCUT2D eigenvalue weighted by Gasteiger charge is -2.35. The van der Waals surface area contributed by atoms with Crippen molar-refractivity contribution in [2.75, 3.05) is 19.6 Å². The molecule has 0 radical (unpaired) electrons. The van der Waals surface area contributed by atoms with Gasteiger partial charge in [0.1, 0.15) is 0 Å². The number of benzene rings is 1. The Balaban J connectivity index is 1.86. The van der Waals surface area contributed by atoms with Gasteiger partial charge in [0.25, 0.3) is 0 Å². The molecule has 0 aliphatic carbocycles. The molecule has 126 valence electrons. The zero-order chi connectivity index (χ0) is 16.9. The predicted octanol–water partition coefficient (Wildman–Crippen LogP) is 2.35. The van der Waals surface area contributed by atoms with Crippen LogP contribution >= 0.6 is 0 Å². The van der Waals surface area contributed by atoms with E-state index in [1.807, 2.05) is 6.07 Å². The highest BCUT2D eigenvalue weighted by atomic mass is 32.2. The van der Waals surface area contributed by atoms with Crippen molar-refractivity contribution in [3.63, 3.8) is 0 Å². The van der Waals surface area contributed by atoms with Crippen LogP contribution in [0.2, 0.25) is 0 Å². The summed E-state index contributed by atoms with van der Waals surface area (Å²) in [6.07, 6.45) is 3.21. The summed E-state index contributed by atoms with van der Waals surface area (Å²) >= 11 is 0. The van der Waals surface area contributed by atoms with Gasteiger partial charge < -0.3 is 4.90 Å². The monoisotopic (exact) mass is 335 g/mol. The van der Waals surface area contributed by atoms with Crippen molar-refractivity contribution in [2.24, 2.45) is 5.92 Å². The summed E-state index contributed by atoms with van der Waals surface area (Å²) in [6, 6.07) is 8.53. The Morgan fingerprint density at radius 1 is 1.35 bits per heavy atom. The van der Waals surface area contributed by atoms with Crippen LogP contribution in [0.4, 0.5) is 0 Å². The van der Waals surface area contributed by atoms with Gasteiger partial charge in [-0.3, -0.25) is 0 Å². The molecule has 1 atom stereocenters. The van der Waals surface area contributed by atoms with E-state index in [9.17, 15) is 8.42 Å². The van der Waals surface area contributed by atoms with Crippen LogP contribution in [0, 0.1) is 17.2 Å². The number of likely N-dealkylation sites (tertiary alicyclic amines) is 1. The Bertz CT molecular complexity index is 647. The van der Waals surface area contributed by atoms with Gasteiger partial charge >= 0.3 is 0 Å². The van der Waals surface area contributed by atoms with E-state index in [0.717, 1.165) is 19.5 Å². The Kier molecular flexibility index (Phi) is 6.17. The summed E-state index contributed by atoms with van der Waals surface area (Å²) in [7, 11) is -3.49. The van der Waals surface area contributed by atoms with Crippen molar-refractivity contribution in [3.05, 3.63) is 29.8 Å². The SMILES string of the molecule is CC(C)N1CCC[C@H](CCNS(=O)(=O)c2ccc(C#N)cc2)C1. The number of nitrogens with one attached hydrogen (secondary N) is 1. The molecule has 0 saturated carbocycles. The number of rotatable bonds is 6. The van der Waals surface area contributed by atoms with Gasteiger partial charge in [0, 0.05) is 19.1 Å². The van der Waals surface area contributed by atoms with Crippen LogP contribution in [0.3, 0.4) is 0 Å². The van der Waals surface area contributed by atoms with Crippen LogP contribution in [0.1, 0.15) is 38.7 Å². The lowest BCUT2D eigenvalue weighted by Crippen LogP contribution is -2.40. The molecule has 1 aromatic carbocycles. The number of piperidine rings is 1. The molecule has 6 heteroatoms. The summed E-state index contributed by atoms with van der Waals surface area (Å²) in [5.74, 6) is 0.551. The summed E-state index contributed by atoms with van der Waals surface area (Å²) in [5.41, 5.74) is 0.458. The van der Waals surface area contributed by atoms with Gasteiger partial charge in [0.2, 0.25) is 10.0 Å². The third kappa shape index (κ3) is 5.03. The smallest absolute Gasteiger partial charge is 0.240 e. The normalized spacial score (nSPS) is 19.7. The first kappa shape index (κ1) is 17.9. The molecule has 1 heterocycles. The second-order valence-electron chi connectivity index (χ2n) is 6.42. The molecule has 5 nitrogen and oxygen atoms in total. The fraction of sp³-hybridized carbons (Fsp3) is 0.588. The fourth-order valence-corrected chi connectivity index (χ4v) is 4.04. The lowest BCUT2D eigenvalue weighted by atomic mass is 9.94. The Labute approximate surface area is 139 Å². The van der Waals surface area contributed by atoms with Crippen molar-refractivity contribution in [2.45, 2.75) is 44.0 Å². The van der Waals surface area contributed by atoms with E-state index in [-0.39, 0.29) is 4.90 Å². The molecular weight excluding hydrogens is 310 g/mol. The van der Waals surface area contributed by atoms with E-state index in [0.29, 0.717) is 24.1 Å². The van der Waals surface area contributed by atoms with Crippen molar-refractivity contribution in [1.82, 2.24) is 9.62 Å². The number of hydrogen-bond acceptors (Lipinski definition) is 4. The predicted molar refractivity (Wildman–Crippen MR) is 90.4 cm³/mol. The topological polar surface area (TPSA) is 73.2 Å². The molecule has 0 bridgehead atoms. The molecule has 0 unspecified atom stereocenters. The molecule has 0 amide bonds. The third-order valence-electron chi connectivity index (χ3n) is 4.42. The van der Waals surface area contributed by atoms with Crippen LogP contribution < -0.4 is 4.72 Å². The quantitative estimate of drug-likeness (QED) is 0.866. The highest BCUT2D eigenvalue weighted by Crippen LogP contribution is 2.21. The number of hydrogen-bond donors (Lipinski definition) is 1. The molecule has 1 aliphatic heterocycles. The minimum Gasteiger partial charge on any atom is -0.301 e. The van der Waals surface area contributed by atoms with E-state index >= 15 is 0 Å². The van der Waals surface area contributed by atoms with Gasteiger partial charge in [-0.15, -0.1) is 0 Å². The fourth-order valence-electron chi connectivity index (χ4n) is 2.99. The average molecular weight is 335 g/mol. The van der Waals surface area contributed by atoms with Crippen LogP contribution in [0.25, 0.3) is 0 Å². The number of sulfonamides is 1. The molecule has 1 aliphatic rings. The highest BCUT2D eigenvalue weighted by molar-refractivity contribution is 7.89. The molecule has 2 rings (SSSR count). The number of nitriles is 1. The highest BCUT2D eigenvalue weighted by Gasteiger charge is 2.22. The van der Waals surface area contributed by atoms with Gasteiger partial charge in [-0.05, 0) is 69.8 Å². The molecular formula is C17H25N3O2S. The second kappa shape index (κ2) is 7.91. The van der Waals surface area contributed by atoms with E-state index < -0.39 is 10.0 Å². The zero-order valence-electron chi connectivity index (χ0n) is 13.8. The van der Waals surface area contributed by atoms with Gasteiger partial charge in [0.15, 0.2) is 0 Å². The van der Waals surface area contributed by atoms with E-state index in [1.54, 1.807) is 0 Å². The van der Waals surface area contributed by atoms with Crippen molar-refractivity contribution in [1.29, 1.82) is 5.26 Å². The second-order valence-corrected chi connectivity index (χ2v) is 8.19. The Hall–Kier alpha value is -1.42. The third-order valence-corrected chi connectivity index (χ3v) is 5.90. The minimum atomic E-state index is -3.49. The van der Waals surface area contributed by atoms with Gasteiger partial charge in [-0.25, -0.2) is 13.1 Å². The van der Waals surface area contributed by atoms with Crippen LogP contribution in [0.5, 0.6) is 0 Å². The van der Waals surface area contributed by atoms with Gasteiger partial charge in [-0.1, -0.05) is 0 Å². The Morgan fingerprint density at radius 2 is 2.04 bits per heavy atom. The van der Waals surface area contributed by atoms with Crippen LogP contribution in [0.15, 0.2) is 29.2 Å².